The first kappa shape index (κ1) is 29.3. The molecule has 2 aliphatic heterocycles. The predicted octanol–water partition coefficient (Wildman–Crippen LogP) is 4.25. The summed E-state index contributed by atoms with van der Waals surface area (Å²) in [5.41, 5.74) is 0.499. The standard InChI is InChI=1S/C28H30BCl2N5O5S/c1-18-5-7-20(8-6-18)42(37,38)36-12-10-21-22(9-11-32-25(21)36)29-40-27(2,3)28(4,41-29)16-19-17-39-14-13-35(19)24-15-23(30)33-26(31)34-24/h5-12,15,19H,13-14,16-17H2,1-4H3/t19-,28?/m1/s1. The lowest BCUT2D eigenvalue weighted by Crippen LogP contribution is -2.54. The molecular weight excluding hydrogens is 600 g/mol. The second-order valence-electron chi connectivity index (χ2n) is 11.3. The van der Waals surface area contributed by atoms with Crippen LogP contribution in [0.15, 0.2) is 59.8 Å². The van der Waals surface area contributed by atoms with Crippen LogP contribution in [-0.2, 0) is 24.1 Å². The molecule has 0 N–H and O–H groups in total. The lowest BCUT2D eigenvalue weighted by atomic mass is 9.78. The second kappa shape index (κ2) is 10.8. The van der Waals surface area contributed by atoms with E-state index in [1.807, 2.05) is 27.7 Å². The van der Waals surface area contributed by atoms with E-state index in [-0.39, 0.29) is 21.4 Å². The number of hydrogen-bond donors (Lipinski definition) is 0. The van der Waals surface area contributed by atoms with Crippen molar-refractivity contribution in [3.8, 4) is 0 Å². The highest BCUT2D eigenvalue weighted by Crippen LogP contribution is 2.42. The lowest BCUT2D eigenvalue weighted by molar-refractivity contribution is -0.0320. The number of rotatable bonds is 6. The fourth-order valence-corrected chi connectivity index (χ4v) is 7.28. The molecule has 10 nitrogen and oxygen atoms in total. The van der Waals surface area contributed by atoms with Crippen molar-refractivity contribution in [3.63, 3.8) is 0 Å². The molecule has 0 bridgehead atoms. The van der Waals surface area contributed by atoms with Gasteiger partial charge in [0, 0.05) is 36.8 Å². The third kappa shape index (κ3) is 5.18. The number of pyridine rings is 1. The Balaban J connectivity index is 1.30. The van der Waals surface area contributed by atoms with Crippen molar-refractivity contribution in [2.24, 2.45) is 0 Å². The van der Waals surface area contributed by atoms with Crippen LogP contribution in [0.3, 0.4) is 0 Å². The summed E-state index contributed by atoms with van der Waals surface area (Å²) < 4.78 is 47.3. The second-order valence-corrected chi connectivity index (χ2v) is 13.9. The van der Waals surface area contributed by atoms with E-state index in [1.165, 1.54) is 10.2 Å². The Morgan fingerprint density at radius 1 is 1.07 bits per heavy atom. The molecule has 0 spiro atoms. The van der Waals surface area contributed by atoms with Crippen molar-refractivity contribution in [1.82, 2.24) is 18.9 Å². The monoisotopic (exact) mass is 629 g/mol. The van der Waals surface area contributed by atoms with Gasteiger partial charge in [-0.05, 0) is 69.0 Å². The van der Waals surface area contributed by atoms with Crippen LogP contribution < -0.4 is 10.4 Å². The number of aromatic nitrogens is 4. The molecule has 0 aliphatic carbocycles. The minimum Gasteiger partial charge on any atom is -0.399 e. The van der Waals surface area contributed by atoms with Crippen LogP contribution in [0.25, 0.3) is 11.0 Å². The van der Waals surface area contributed by atoms with Crippen molar-refractivity contribution < 1.29 is 22.5 Å². The van der Waals surface area contributed by atoms with Gasteiger partial charge in [-0.1, -0.05) is 29.3 Å². The van der Waals surface area contributed by atoms with Crippen LogP contribution in [0, 0.1) is 6.92 Å². The van der Waals surface area contributed by atoms with E-state index in [0.717, 1.165) is 5.56 Å². The zero-order valence-electron chi connectivity index (χ0n) is 23.6. The van der Waals surface area contributed by atoms with E-state index < -0.39 is 28.3 Å². The molecule has 0 amide bonds. The molecular formula is C28H30BCl2N5O5S. The zero-order chi connectivity index (χ0) is 29.9. The number of benzene rings is 1. The molecule has 5 heterocycles. The first-order chi connectivity index (χ1) is 19.9. The van der Waals surface area contributed by atoms with Crippen LogP contribution in [0.1, 0.15) is 32.8 Å². The summed E-state index contributed by atoms with van der Waals surface area (Å²) in [6.07, 6.45) is 3.64. The van der Waals surface area contributed by atoms with Crippen molar-refractivity contribution in [3.05, 3.63) is 70.9 Å². The SMILES string of the molecule is Cc1ccc(S(=O)(=O)n2ccc3c(B4OC(C)(C)C(C)(C[C@@H]5COCCN5c5cc(Cl)nc(Cl)n5)O4)ccnc32)cc1. The number of halogens is 2. The number of nitrogens with zero attached hydrogens (tertiary/aromatic N) is 5. The van der Waals surface area contributed by atoms with E-state index in [4.69, 9.17) is 37.2 Å². The van der Waals surface area contributed by atoms with Gasteiger partial charge in [0.25, 0.3) is 10.0 Å². The zero-order valence-corrected chi connectivity index (χ0v) is 25.9. The Labute approximate surface area is 255 Å². The van der Waals surface area contributed by atoms with Gasteiger partial charge in [-0.25, -0.2) is 27.3 Å². The Morgan fingerprint density at radius 3 is 2.57 bits per heavy atom. The van der Waals surface area contributed by atoms with E-state index >= 15 is 0 Å². The predicted molar refractivity (Wildman–Crippen MR) is 162 cm³/mol. The molecule has 14 heteroatoms. The van der Waals surface area contributed by atoms with Crippen LogP contribution in [0.4, 0.5) is 5.82 Å². The largest absolute Gasteiger partial charge is 0.495 e. The number of ether oxygens (including phenoxy) is 1. The first-order valence-corrected chi connectivity index (χ1v) is 15.8. The summed E-state index contributed by atoms with van der Waals surface area (Å²) in [5.74, 6) is 0.622. The van der Waals surface area contributed by atoms with Crippen molar-refractivity contribution in [2.45, 2.75) is 56.3 Å². The van der Waals surface area contributed by atoms with Crippen molar-refractivity contribution in [2.75, 3.05) is 24.7 Å². The summed E-state index contributed by atoms with van der Waals surface area (Å²) in [6, 6.07) is 11.9. The number of hydrogen-bond acceptors (Lipinski definition) is 9. The van der Waals surface area contributed by atoms with Crippen LogP contribution in [0.2, 0.25) is 10.4 Å². The summed E-state index contributed by atoms with van der Waals surface area (Å²) >= 11 is 12.3. The molecule has 0 saturated carbocycles. The molecule has 2 atom stereocenters. The minimum atomic E-state index is -3.86. The Hall–Kier alpha value is -2.74. The molecule has 2 fully saturated rings. The molecule has 42 heavy (non-hydrogen) atoms. The fraction of sp³-hybridized carbons (Fsp3) is 0.393. The molecule has 4 aromatic rings. The third-order valence-corrected chi connectivity index (χ3v) is 10.3. The first-order valence-electron chi connectivity index (χ1n) is 13.6. The number of fused-ring (bicyclic) bond motifs is 1. The maximum atomic E-state index is 13.5. The average Bonchev–Trinajstić information content (AvgIpc) is 3.47. The Bertz CT molecular complexity index is 1730. The van der Waals surface area contributed by atoms with E-state index in [2.05, 4.69) is 19.9 Å². The Kier molecular flexibility index (Phi) is 7.52. The highest BCUT2D eigenvalue weighted by atomic mass is 35.5. The number of morpholine rings is 1. The third-order valence-electron chi connectivity index (χ3n) is 8.26. The minimum absolute atomic E-state index is 0.0767. The van der Waals surface area contributed by atoms with Crippen LogP contribution in [0.5, 0.6) is 0 Å². The van der Waals surface area contributed by atoms with Gasteiger partial charge < -0.3 is 18.9 Å². The average molecular weight is 630 g/mol. The quantitative estimate of drug-likeness (QED) is 0.176. The smallest absolute Gasteiger partial charge is 0.399 e. The molecule has 6 rings (SSSR count). The van der Waals surface area contributed by atoms with Crippen molar-refractivity contribution in [1.29, 1.82) is 0 Å². The van der Waals surface area contributed by atoms with Gasteiger partial charge in [0.15, 0.2) is 5.65 Å². The fourth-order valence-electron chi connectivity index (χ4n) is 5.58. The van der Waals surface area contributed by atoms with Gasteiger partial charge in [0.1, 0.15) is 11.0 Å². The highest BCUT2D eigenvalue weighted by Gasteiger charge is 2.56. The molecule has 1 unspecified atom stereocenters. The van der Waals surface area contributed by atoms with E-state index in [0.29, 0.717) is 48.5 Å². The van der Waals surface area contributed by atoms with Gasteiger partial charge in [-0.2, -0.15) is 0 Å². The van der Waals surface area contributed by atoms with Crippen LogP contribution >= 0.6 is 23.2 Å². The topological polar surface area (TPSA) is 109 Å². The maximum absolute atomic E-state index is 13.5. The maximum Gasteiger partial charge on any atom is 0.495 e. The molecule has 3 aromatic heterocycles. The molecule has 2 aliphatic rings. The van der Waals surface area contributed by atoms with E-state index in [1.54, 1.807) is 48.7 Å². The number of anilines is 1. The normalized spacial score (nSPS) is 22.7. The van der Waals surface area contributed by atoms with Gasteiger partial charge in [0.05, 0.1) is 35.4 Å². The Morgan fingerprint density at radius 2 is 1.83 bits per heavy atom. The van der Waals surface area contributed by atoms with Crippen molar-refractivity contribution >= 4 is 62.7 Å². The van der Waals surface area contributed by atoms with Gasteiger partial charge in [-0.15, -0.1) is 0 Å². The molecule has 1 aromatic carbocycles. The number of aryl methyl sites for hydroxylation is 1. The van der Waals surface area contributed by atoms with Gasteiger partial charge in [0.2, 0.25) is 5.28 Å². The van der Waals surface area contributed by atoms with Gasteiger partial charge in [-0.3, -0.25) is 0 Å². The summed E-state index contributed by atoms with van der Waals surface area (Å²) in [5, 5.41) is 0.972. The molecule has 0 radical (unpaired) electrons. The lowest BCUT2D eigenvalue weighted by Gasteiger charge is -2.44. The van der Waals surface area contributed by atoms with Crippen LogP contribution in [-0.4, -0.2) is 71.5 Å². The summed E-state index contributed by atoms with van der Waals surface area (Å²) in [4.78, 5) is 15.1. The highest BCUT2D eigenvalue weighted by molar-refractivity contribution is 7.90. The summed E-state index contributed by atoms with van der Waals surface area (Å²) in [6.45, 7) is 9.50. The summed E-state index contributed by atoms with van der Waals surface area (Å²) in [7, 11) is -4.61. The molecule has 220 valence electrons. The van der Waals surface area contributed by atoms with E-state index in [9.17, 15) is 8.42 Å². The van der Waals surface area contributed by atoms with Gasteiger partial charge >= 0.3 is 7.12 Å². The molecule has 2 saturated heterocycles.